The largest absolute Gasteiger partial charge is 0.494 e. The molecule has 1 aromatic heterocycles. The number of rotatable bonds is 8. The van der Waals surface area contributed by atoms with E-state index < -0.39 is 10.0 Å². The molecule has 0 unspecified atom stereocenters. The van der Waals surface area contributed by atoms with E-state index >= 15 is 0 Å². The Hall–Kier alpha value is -3.04. The summed E-state index contributed by atoms with van der Waals surface area (Å²) in [6, 6.07) is 14.7. The molecule has 29 heavy (non-hydrogen) atoms. The van der Waals surface area contributed by atoms with Crippen LogP contribution in [0, 0.1) is 5.82 Å². The number of benzene rings is 2. The lowest BCUT2D eigenvalue weighted by atomic mass is 10.1. The zero-order valence-corrected chi connectivity index (χ0v) is 16.5. The molecule has 0 saturated carbocycles. The first kappa shape index (κ1) is 20.7. The van der Waals surface area contributed by atoms with Gasteiger partial charge >= 0.3 is 0 Å². The topological polar surface area (TPSA) is 90.3 Å². The van der Waals surface area contributed by atoms with Gasteiger partial charge in [-0.3, -0.25) is 4.79 Å². The molecule has 9 heteroatoms. The van der Waals surface area contributed by atoms with Crippen molar-refractivity contribution < 1.29 is 17.5 Å². The summed E-state index contributed by atoms with van der Waals surface area (Å²) in [7, 11) is -3.73. The van der Waals surface area contributed by atoms with Crippen LogP contribution in [-0.4, -0.2) is 31.3 Å². The SMILES string of the molecule is CCOc1ccc(S(=O)(=O)NCCn2nc(-c3ccc(F)cc3)ccc2=O)cc1. The lowest BCUT2D eigenvalue weighted by Crippen LogP contribution is -2.32. The van der Waals surface area contributed by atoms with Crippen LogP contribution < -0.4 is 15.0 Å². The third-order valence-corrected chi connectivity index (χ3v) is 5.54. The van der Waals surface area contributed by atoms with Crippen LogP contribution in [0.15, 0.2) is 70.4 Å². The predicted molar refractivity (Wildman–Crippen MR) is 107 cm³/mol. The lowest BCUT2D eigenvalue weighted by molar-refractivity contribution is 0.340. The van der Waals surface area contributed by atoms with Crippen LogP contribution in [0.25, 0.3) is 11.3 Å². The number of ether oxygens (including phenoxy) is 1. The predicted octanol–water partition coefficient (Wildman–Crippen LogP) is 2.43. The van der Waals surface area contributed by atoms with E-state index in [-0.39, 0.29) is 29.4 Å². The summed E-state index contributed by atoms with van der Waals surface area (Å²) in [5.74, 6) is 0.213. The molecule has 0 aliphatic heterocycles. The average Bonchev–Trinajstić information content (AvgIpc) is 2.71. The Morgan fingerprint density at radius 3 is 2.38 bits per heavy atom. The van der Waals surface area contributed by atoms with E-state index in [0.717, 1.165) is 0 Å². The standard InChI is InChI=1S/C20H20FN3O4S/c1-2-28-17-7-9-18(10-8-17)29(26,27)22-13-14-24-20(25)12-11-19(23-24)15-3-5-16(21)6-4-15/h3-12,22H,2,13-14H2,1H3. The first-order valence-corrected chi connectivity index (χ1v) is 10.4. The van der Waals surface area contributed by atoms with Crippen molar-refractivity contribution in [2.45, 2.75) is 18.4 Å². The fourth-order valence-electron chi connectivity index (χ4n) is 2.63. The smallest absolute Gasteiger partial charge is 0.266 e. The highest BCUT2D eigenvalue weighted by Crippen LogP contribution is 2.16. The number of halogens is 1. The summed E-state index contributed by atoms with van der Waals surface area (Å²) < 4.78 is 46.8. The van der Waals surface area contributed by atoms with Crippen molar-refractivity contribution in [2.75, 3.05) is 13.2 Å². The second-order valence-corrected chi connectivity index (χ2v) is 7.86. The first-order chi connectivity index (χ1) is 13.9. The van der Waals surface area contributed by atoms with Crippen LogP contribution in [0.4, 0.5) is 4.39 Å². The normalized spacial score (nSPS) is 11.4. The summed E-state index contributed by atoms with van der Waals surface area (Å²) in [6.07, 6.45) is 0. The van der Waals surface area contributed by atoms with Crippen molar-refractivity contribution in [3.05, 3.63) is 76.8 Å². The quantitative estimate of drug-likeness (QED) is 0.608. The zero-order valence-electron chi connectivity index (χ0n) is 15.7. The van der Waals surface area contributed by atoms with Gasteiger partial charge in [-0.2, -0.15) is 5.10 Å². The highest BCUT2D eigenvalue weighted by atomic mass is 32.2. The van der Waals surface area contributed by atoms with E-state index in [4.69, 9.17) is 4.74 Å². The Bertz CT molecular complexity index is 1130. The number of hydrogen-bond acceptors (Lipinski definition) is 5. The van der Waals surface area contributed by atoms with Crippen molar-refractivity contribution in [3.63, 3.8) is 0 Å². The maximum atomic E-state index is 13.1. The van der Waals surface area contributed by atoms with E-state index in [2.05, 4.69) is 9.82 Å². The van der Waals surface area contributed by atoms with Gasteiger partial charge in [0.05, 0.1) is 23.7 Å². The van der Waals surface area contributed by atoms with Gasteiger partial charge in [-0.1, -0.05) is 0 Å². The Kier molecular flexibility index (Phi) is 6.40. The highest BCUT2D eigenvalue weighted by Gasteiger charge is 2.14. The minimum Gasteiger partial charge on any atom is -0.494 e. The Morgan fingerprint density at radius 1 is 1.03 bits per heavy atom. The van der Waals surface area contributed by atoms with Gasteiger partial charge in [-0.05, 0) is 61.5 Å². The van der Waals surface area contributed by atoms with Gasteiger partial charge in [-0.25, -0.2) is 22.2 Å². The van der Waals surface area contributed by atoms with Gasteiger partial charge in [-0.15, -0.1) is 0 Å². The minimum absolute atomic E-state index is 0.0185. The number of aromatic nitrogens is 2. The Balaban J connectivity index is 1.68. The zero-order chi connectivity index (χ0) is 20.9. The molecule has 0 saturated heterocycles. The summed E-state index contributed by atoms with van der Waals surface area (Å²) in [5, 5.41) is 4.23. The average molecular weight is 417 g/mol. The summed E-state index contributed by atoms with van der Waals surface area (Å²) in [4.78, 5) is 12.1. The Morgan fingerprint density at radius 2 is 1.72 bits per heavy atom. The number of nitrogens with one attached hydrogen (secondary N) is 1. The van der Waals surface area contributed by atoms with E-state index in [9.17, 15) is 17.6 Å². The van der Waals surface area contributed by atoms with Crippen LogP contribution >= 0.6 is 0 Å². The molecule has 152 valence electrons. The number of hydrogen-bond donors (Lipinski definition) is 1. The summed E-state index contributed by atoms with van der Waals surface area (Å²) in [6.45, 7) is 2.36. The van der Waals surface area contributed by atoms with Gasteiger partial charge in [0.25, 0.3) is 5.56 Å². The highest BCUT2D eigenvalue weighted by molar-refractivity contribution is 7.89. The third kappa shape index (κ3) is 5.27. The third-order valence-electron chi connectivity index (χ3n) is 4.07. The van der Waals surface area contributed by atoms with Gasteiger partial charge in [0.2, 0.25) is 10.0 Å². The van der Waals surface area contributed by atoms with E-state index in [0.29, 0.717) is 23.6 Å². The van der Waals surface area contributed by atoms with E-state index in [1.165, 1.54) is 41.1 Å². The maximum absolute atomic E-state index is 13.1. The fourth-order valence-corrected chi connectivity index (χ4v) is 3.66. The second-order valence-electron chi connectivity index (χ2n) is 6.09. The number of sulfonamides is 1. The van der Waals surface area contributed by atoms with Crippen molar-refractivity contribution >= 4 is 10.0 Å². The van der Waals surface area contributed by atoms with Crippen LogP contribution in [0.3, 0.4) is 0 Å². The second kappa shape index (κ2) is 8.97. The molecule has 0 amide bonds. The first-order valence-electron chi connectivity index (χ1n) is 8.96. The van der Waals surface area contributed by atoms with Crippen LogP contribution in [-0.2, 0) is 16.6 Å². The molecule has 0 atom stereocenters. The van der Waals surface area contributed by atoms with Gasteiger partial charge in [0.15, 0.2) is 0 Å². The van der Waals surface area contributed by atoms with Crippen molar-refractivity contribution in [3.8, 4) is 17.0 Å². The maximum Gasteiger partial charge on any atom is 0.266 e. The molecule has 1 N–H and O–H groups in total. The minimum atomic E-state index is -3.73. The molecule has 2 aromatic carbocycles. The van der Waals surface area contributed by atoms with Crippen LogP contribution in [0.2, 0.25) is 0 Å². The molecule has 0 aliphatic carbocycles. The van der Waals surface area contributed by atoms with Gasteiger partial charge < -0.3 is 4.74 Å². The molecular formula is C20H20FN3O4S. The number of nitrogens with zero attached hydrogens (tertiary/aromatic N) is 2. The van der Waals surface area contributed by atoms with E-state index in [1.54, 1.807) is 24.3 Å². The molecule has 7 nitrogen and oxygen atoms in total. The molecule has 0 aliphatic rings. The van der Waals surface area contributed by atoms with Gasteiger partial charge in [0, 0.05) is 18.2 Å². The van der Waals surface area contributed by atoms with Crippen molar-refractivity contribution in [2.24, 2.45) is 0 Å². The van der Waals surface area contributed by atoms with Crippen molar-refractivity contribution in [1.82, 2.24) is 14.5 Å². The lowest BCUT2D eigenvalue weighted by Gasteiger charge is -2.10. The molecule has 1 heterocycles. The summed E-state index contributed by atoms with van der Waals surface area (Å²) >= 11 is 0. The molecule has 3 rings (SSSR count). The molecule has 0 spiro atoms. The van der Waals surface area contributed by atoms with Crippen molar-refractivity contribution in [1.29, 1.82) is 0 Å². The summed E-state index contributed by atoms with van der Waals surface area (Å²) in [5.41, 5.74) is 0.769. The molecule has 0 radical (unpaired) electrons. The Labute approximate surface area is 167 Å². The van der Waals surface area contributed by atoms with Crippen LogP contribution in [0.1, 0.15) is 6.92 Å². The monoisotopic (exact) mass is 417 g/mol. The van der Waals surface area contributed by atoms with E-state index in [1.807, 2.05) is 6.92 Å². The van der Waals surface area contributed by atoms with Crippen LogP contribution in [0.5, 0.6) is 5.75 Å². The molecule has 0 bridgehead atoms. The fraction of sp³-hybridized carbons (Fsp3) is 0.200. The molecular weight excluding hydrogens is 397 g/mol. The molecule has 3 aromatic rings. The van der Waals surface area contributed by atoms with Gasteiger partial charge in [0.1, 0.15) is 11.6 Å². The molecule has 0 fully saturated rings.